The molecule has 3 unspecified atom stereocenters. The van der Waals surface area contributed by atoms with Gasteiger partial charge in [-0.05, 0) is 45.7 Å². The largest absolute Gasteiger partial charge is 0.325 e. The van der Waals surface area contributed by atoms with Crippen LogP contribution in [0.1, 0.15) is 40.0 Å². The molecule has 104 valence electrons. The lowest BCUT2D eigenvalue weighted by Gasteiger charge is -2.26. The van der Waals surface area contributed by atoms with Crippen LogP contribution in [0.4, 0.5) is 0 Å². The lowest BCUT2D eigenvalue weighted by molar-refractivity contribution is -0.133. The molecule has 3 atom stereocenters. The summed E-state index contributed by atoms with van der Waals surface area (Å²) >= 11 is 0. The Bertz CT molecular complexity index is 320. The number of carbonyl (C=O) groups is 1. The molecule has 0 saturated carbocycles. The minimum absolute atomic E-state index is 0.230. The highest BCUT2D eigenvalue weighted by molar-refractivity contribution is 5.88. The van der Waals surface area contributed by atoms with Gasteiger partial charge in [0.2, 0.25) is 5.91 Å². The lowest BCUT2D eigenvalue weighted by atomic mass is 9.99. The number of nitrogens with zero attached hydrogens (tertiary/aromatic N) is 2. The van der Waals surface area contributed by atoms with Crippen LogP contribution in [0.15, 0.2) is 0 Å². The fourth-order valence-corrected chi connectivity index (χ4v) is 3.21. The monoisotopic (exact) mass is 253 g/mol. The molecular formula is C14H27N3O. The standard InChI is InChI=1S/C14H27N3O/c1-5-12-15-14(3,6-2)13(18)17(12)10-11-7-8-16(4)9-11/h11-12,15H,5-10H2,1-4H3. The zero-order chi connectivity index (χ0) is 13.3. The summed E-state index contributed by atoms with van der Waals surface area (Å²) in [6.45, 7) is 9.50. The van der Waals surface area contributed by atoms with Gasteiger partial charge in [0, 0.05) is 13.1 Å². The van der Waals surface area contributed by atoms with Gasteiger partial charge in [-0.2, -0.15) is 0 Å². The highest BCUT2D eigenvalue weighted by atomic mass is 16.2. The lowest BCUT2D eigenvalue weighted by Crippen LogP contribution is -2.43. The van der Waals surface area contributed by atoms with Crippen LogP contribution >= 0.6 is 0 Å². The van der Waals surface area contributed by atoms with E-state index in [1.165, 1.54) is 13.0 Å². The minimum atomic E-state index is -0.342. The van der Waals surface area contributed by atoms with E-state index in [0.29, 0.717) is 11.8 Å². The first-order chi connectivity index (χ1) is 8.50. The number of carbonyl (C=O) groups excluding carboxylic acids is 1. The van der Waals surface area contributed by atoms with Crippen molar-refractivity contribution < 1.29 is 4.79 Å². The highest BCUT2D eigenvalue weighted by Crippen LogP contribution is 2.27. The van der Waals surface area contributed by atoms with Crippen molar-refractivity contribution in [2.45, 2.75) is 51.7 Å². The van der Waals surface area contributed by atoms with Gasteiger partial charge in [-0.15, -0.1) is 0 Å². The average Bonchev–Trinajstić information content (AvgIpc) is 2.87. The van der Waals surface area contributed by atoms with Gasteiger partial charge in [-0.3, -0.25) is 10.1 Å². The molecule has 4 heteroatoms. The molecule has 2 rings (SSSR count). The quantitative estimate of drug-likeness (QED) is 0.819. The molecule has 1 amide bonds. The Labute approximate surface area is 111 Å². The number of amides is 1. The third kappa shape index (κ3) is 2.41. The van der Waals surface area contributed by atoms with Gasteiger partial charge in [-0.25, -0.2) is 0 Å². The van der Waals surface area contributed by atoms with Crippen LogP contribution in [0.2, 0.25) is 0 Å². The average molecular weight is 253 g/mol. The molecule has 2 aliphatic rings. The van der Waals surface area contributed by atoms with E-state index in [0.717, 1.165) is 25.9 Å². The van der Waals surface area contributed by atoms with E-state index in [2.05, 4.69) is 36.0 Å². The van der Waals surface area contributed by atoms with Crippen molar-refractivity contribution in [3.05, 3.63) is 0 Å². The summed E-state index contributed by atoms with van der Waals surface area (Å²) in [6, 6.07) is 0. The summed E-state index contributed by atoms with van der Waals surface area (Å²) in [4.78, 5) is 17.0. The molecule has 0 aromatic rings. The molecule has 18 heavy (non-hydrogen) atoms. The van der Waals surface area contributed by atoms with Crippen molar-refractivity contribution >= 4 is 5.91 Å². The molecule has 2 fully saturated rings. The van der Waals surface area contributed by atoms with Gasteiger partial charge in [0.05, 0.1) is 11.7 Å². The van der Waals surface area contributed by atoms with Gasteiger partial charge in [0.15, 0.2) is 0 Å². The number of hydrogen-bond acceptors (Lipinski definition) is 3. The molecule has 2 saturated heterocycles. The Hall–Kier alpha value is -0.610. The van der Waals surface area contributed by atoms with Gasteiger partial charge in [0.1, 0.15) is 0 Å². The smallest absolute Gasteiger partial charge is 0.243 e. The molecule has 1 N–H and O–H groups in total. The zero-order valence-electron chi connectivity index (χ0n) is 12.2. The number of rotatable bonds is 4. The molecule has 2 heterocycles. The van der Waals surface area contributed by atoms with Crippen molar-refractivity contribution in [1.82, 2.24) is 15.1 Å². The third-order valence-electron chi connectivity index (χ3n) is 4.63. The van der Waals surface area contributed by atoms with E-state index in [-0.39, 0.29) is 11.7 Å². The molecule has 0 radical (unpaired) electrons. The fraction of sp³-hybridized carbons (Fsp3) is 0.929. The summed E-state index contributed by atoms with van der Waals surface area (Å²) in [5.41, 5.74) is -0.342. The molecule has 0 spiro atoms. The predicted octanol–water partition coefficient (Wildman–Crippen LogP) is 1.27. The summed E-state index contributed by atoms with van der Waals surface area (Å²) < 4.78 is 0. The Morgan fingerprint density at radius 1 is 1.44 bits per heavy atom. The fourth-order valence-electron chi connectivity index (χ4n) is 3.21. The number of likely N-dealkylation sites (tertiary alicyclic amines) is 1. The third-order valence-corrected chi connectivity index (χ3v) is 4.63. The van der Waals surface area contributed by atoms with Gasteiger partial charge in [0.25, 0.3) is 0 Å². The zero-order valence-corrected chi connectivity index (χ0v) is 12.2. The van der Waals surface area contributed by atoms with Gasteiger partial charge < -0.3 is 9.80 Å². The van der Waals surface area contributed by atoms with Crippen LogP contribution in [0, 0.1) is 5.92 Å². The van der Waals surface area contributed by atoms with Crippen LogP contribution in [0.25, 0.3) is 0 Å². The first-order valence-corrected chi connectivity index (χ1v) is 7.27. The van der Waals surface area contributed by atoms with Crippen LogP contribution in [0.3, 0.4) is 0 Å². The van der Waals surface area contributed by atoms with E-state index >= 15 is 0 Å². The molecule has 0 bridgehead atoms. The number of hydrogen-bond donors (Lipinski definition) is 1. The van der Waals surface area contributed by atoms with Crippen molar-refractivity contribution in [2.75, 3.05) is 26.7 Å². The summed E-state index contributed by atoms with van der Waals surface area (Å²) in [5, 5.41) is 3.51. The van der Waals surface area contributed by atoms with Crippen molar-refractivity contribution in [2.24, 2.45) is 5.92 Å². The van der Waals surface area contributed by atoms with Crippen LogP contribution in [-0.2, 0) is 4.79 Å². The van der Waals surface area contributed by atoms with Crippen LogP contribution < -0.4 is 5.32 Å². The van der Waals surface area contributed by atoms with Crippen molar-refractivity contribution in [1.29, 1.82) is 0 Å². The SMILES string of the molecule is CCC1NC(C)(CC)C(=O)N1CC1CCN(C)C1. The maximum Gasteiger partial charge on any atom is 0.243 e. The van der Waals surface area contributed by atoms with Crippen LogP contribution in [0.5, 0.6) is 0 Å². The van der Waals surface area contributed by atoms with Gasteiger partial charge in [-0.1, -0.05) is 13.8 Å². The van der Waals surface area contributed by atoms with E-state index < -0.39 is 0 Å². The van der Waals surface area contributed by atoms with E-state index in [1.807, 2.05) is 6.92 Å². The Kier molecular flexibility index (Phi) is 3.97. The Morgan fingerprint density at radius 3 is 2.67 bits per heavy atom. The van der Waals surface area contributed by atoms with E-state index in [9.17, 15) is 4.79 Å². The van der Waals surface area contributed by atoms with Gasteiger partial charge >= 0.3 is 0 Å². The highest BCUT2D eigenvalue weighted by Gasteiger charge is 2.46. The summed E-state index contributed by atoms with van der Waals surface area (Å²) in [5.74, 6) is 0.945. The normalized spacial score (nSPS) is 37.8. The minimum Gasteiger partial charge on any atom is -0.325 e. The summed E-state index contributed by atoms with van der Waals surface area (Å²) in [6.07, 6.45) is 3.31. The molecule has 0 aromatic heterocycles. The maximum absolute atomic E-state index is 12.5. The number of nitrogens with one attached hydrogen (secondary N) is 1. The second kappa shape index (κ2) is 5.17. The molecular weight excluding hydrogens is 226 g/mol. The molecule has 2 aliphatic heterocycles. The Morgan fingerprint density at radius 2 is 2.17 bits per heavy atom. The Balaban J connectivity index is 2.04. The topological polar surface area (TPSA) is 35.6 Å². The second-order valence-electron chi connectivity index (χ2n) is 6.13. The molecule has 4 nitrogen and oxygen atoms in total. The van der Waals surface area contributed by atoms with E-state index in [1.54, 1.807) is 0 Å². The second-order valence-corrected chi connectivity index (χ2v) is 6.13. The first kappa shape index (κ1) is 13.8. The molecule has 0 aromatic carbocycles. The van der Waals surface area contributed by atoms with Crippen molar-refractivity contribution in [3.8, 4) is 0 Å². The maximum atomic E-state index is 12.5. The molecule has 0 aliphatic carbocycles. The van der Waals surface area contributed by atoms with Crippen molar-refractivity contribution in [3.63, 3.8) is 0 Å². The predicted molar refractivity (Wildman–Crippen MR) is 73.2 cm³/mol. The first-order valence-electron chi connectivity index (χ1n) is 7.27. The van der Waals surface area contributed by atoms with Crippen LogP contribution in [-0.4, -0.2) is 54.1 Å². The van der Waals surface area contributed by atoms with E-state index in [4.69, 9.17) is 0 Å². The summed E-state index contributed by atoms with van der Waals surface area (Å²) in [7, 11) is 2.16.